The minimum absolute atomic E-state index is 0.000109. The van der Waals surface area contributed by atoms with Crippen molar-refractivity contribution in [1.29, 1.82) is 0 Å². The molecule has 0 aliphatic carbocycles. The molecule has 0 spiro atoms. The Balaban J connectivity index is 1.67. The molecule has 1 amide bonds. The molecule has 0 bridgehead atoms. The fraction of sp³-hybridized carbons (Fsp3) is 0.364. The van der Waals surface area contributed by atoms with E-state index in [-0.39, 0.29) is 18.1 Å². The number of hydrogen-bond donors (Lipinski definition) is 1. The average molecular weight is 411 g/mol. The number of hydrogen-bond acceptors (Lipinski definition) is 5. The van der Waals surface area contributed by atoms with E-state index in [0.29, 0.717) is 16.9 Å². The van der Waals surface area contributed by atoms with Crippen LogP contribution in [-0.4, -0.2) is 26.5 Å². The fourth-order valence-electron chi connectivity index (χ4n) is 3.21. The van der Waals surface area contributed by atoms with E-state index in [4.69, 9.17) is 0 Å². The first-order chi connectivity index (χ1) is 13.9. The Morgan fingerprint density at radius 1 is 1.17 bits per heavy atom. The number of aromatic nitrogens is 3. The number of ketones is 1. The van der Waals surface area contributed by atoms with Gasteiger partial charge in [-0.3, -0.25) is 9.59 Å². The molecule has 0 fully saturated rings. The number of rotatable bonds is 8. The van der Waals surface area contributed by atoms with Crippen molar-refractivity contribution in [2.75, 3.05) is 5.32 Å². The van der Waals surface area contributed by atoms with Gasteiger partial charge < -0.3 is 5.32 Å². The second-order valence-corrected chi connectivity index (χ2v) is 7.98. The Bertz CT molecular complexity index is 1020. The molecule has 0 saturated heterocycles. The van der Waals surface area contributed by atoms with Gasteiger partial charge in [-0.25, -0.2) is 9.67 Å². The summed E-state index contributed by atoms with van der Waals surface area (Å²) in [5.74, 6) is -0.144. The fourth-order valence-corrected chi connectivity index (χ4v) is 4.03. The van der Waals surface area contributed by atoms with Gasteiger partial charge in [-0.1, -0.05) is 13.3 Å². The third kappa shape index (κ3) is 4.98. The number of carbonyl (C=O) groups excluding carboxylic acids is 2. The van der Waals surface area contributed by atoms with Gasteiger partial charge >= 0.3 is 0 Å². The van der Waals surface area contributed by atoms with Gasteiger partial charge in [-0.15, -0.1) is 11.3 Å². The molecule has 1 aromatic carbocycles. The van der Waals surface area contributed by atoms with Gasteiger partial charge in [-0.2, -0.15) is 5.10 Å². The van der Waals surface area contributed by atoms with Crippen LogP contribution in [0.15, 0.2) is 29.6 Å². The Kier molecular flexibility index (Phi) is 6.59. The lowest BCUT2D eigenvalue weighted by atomic mass is 10.1. The van der Waals surface area contributed by atoms with Gasteiger partial charge in [0.1, 0.15) is 0 Å². The van der Waals surface area contributed by atoms with Crippen molar-refractivity contribution in [3.63, 3.8) is 0 Å². The van der Waals surface area contributed by atoms with Crippen LogP contribution in [0.5, 0.6) is 0 Å². The van der Waals surface area contributed by atoms with E-state index in [2.05, 4.69) is 29.2 Å². The summed E-state index contributed by atoms with van der Waals surface area (Å²) in [6, 6.07) is 6.87. The highest BCUT2D eigenvalue weighted by Crippen LogP contribution is 2.22. The van der Waals surface area contributed by atoms with Crippen molar-refractivity contribution < 1.29 is 9.59 Å². The summed E-state index contributed by atoms with van der Waals surface area (Å²) in [6.45, 7) is 7.81. The van der Waals surface area contributed by atoms with Crippen molar-refractivity contribution in [3.8, 4) is 5.13 Å². The molecule has 0 aliphatic heterocycles. The Hall–Kier alpha value is -2.80. The third-order valence-electron chi connectivity index (χ3n) is 4.86. The molecule has 0 saturated carbocycles. The maximum absolute atomic E-state index is 12.4. The number of benzene rings is 1. The summed E-state index contributed by atoms with van der Waals surface area (Å²) in [5, 5.41) is 10.2. The third-order valence-corrected chi connectivity index (χ3v) is 5.72. The van der Waals surface area contributed by atoms with Crippen molar-refractivity contribution in [1.82, 2.24) is 14.8 Å². The van der Waals surface area contributed by atoms with E-state index < -0.39 is 0 Å². The van der Waals surface area contributed by atoms with Crippen LogP contribution >= 0.6 is 11.3 Å². The van der Waals surface area contributed by atoms with Crippen LogP contribution < -0.4 is 5.32 Å². The predicted molar refractivity (Wildman–Crippen MR) is 116 cm³/mol. The first-order valence-corrected chi connectivity index (χ1v) is 10.7. The molecular weight excluding hydrogens is 384 g/mol. The lowest BCUT2D eigenvalue weighted by Crippen LogP contribution is -2.14. The summed E-state index contributed by atoms with van der Waals surface area (Å²) in [6.07, 6.45) is 3.51. The van der Waals surface area contributed by atoms with E-state index in [1.807, 2.05) is 17.0 Å². The number of unbranched alkanes of at least 4 members (excludes halogenated alkanes) is 1. The molecule has 2 aromatic heterocycles. The molecule has 152 valence electrons. The topological polar surface area (TPSA) is 76.9 Å². The van der Waals surface area contributed by atoms with Crippen LogP contribution in [0, 0.1) is 13.8 Å². The molecule has 2 heterocycles. The van der Waals surface area contributed by atoms with E-state index in [1.165, 1.54) is 23.8 Å². The van der Waals surface area contributed by atoms with Crippen LogP contribution in [0.2, 0.25) is 0 Å². The number of aryl methyl sites for hydroxylation is 1. The predicted octanol–water partition coefficient (Wildman–Crippen LogP) is 4.67. The van der Waals surface area contributed by atoms with Crippen LogP contribution in [0.25, 0.3) is 5.13 Å². The summed E-state index contributed by atoms with van der Waals surface area (Å²) < 4.78 is 1.88. The smallest absolute Gasteiger partial charge is 0.230 e. The van der Waals surface area contributed by atoms with Gasteiger partial charge in [-0.05, 0) is 63.4 Å². The minimum atomic E-state index is -0.144. The molecule has 3 rings (SSSR count). The normalized spacial score (nSPS) is 10.9. The van der Waals surface area contributed by atoms with Gasteiger partial charge in [0.15, 0.2) is 5.78 Å². The molecule has 0 radical (unpaired) electrons. The lowest BCUT2D eigenvalue weighted by molar-refractivity contribution is -0.115. The lowest BCUT2D eigenvalue weighted by Gasteiger charge is -2.05. The molecule has 3 aromatic rings. The molecule has 6 nitrogen and oxygen atoms in total. The highest BCUT2D eigenvalue weighted by Gasteiger charge is 2.16. The highest BCUT2D eigenvalue weighted by atomic mass is 32.1. The number of carbonyl (C=O) groups is 2. The summed E-state index contributed by atoms with van der Waals surface area (Å²) in [4.78, 5) is 28.3. The van der Waals surface area contributed by atoms with Crippen LogP contribution in [0.3, 0.4) is 0 Å². The van der Waals surface area contributed by atoms with Gasteiger partial charge in [0, 0.05) is 22.3 Å². The maximum atomic E-state index is 12.4. The molecular formula is C22H26N4O2S. The van der Waals surface area contributed by atoms with E-state index in [1.54, 1.807) is 24.3 Å². The second kappa shape index (κ2) is 9.13. The largest absolute Gasteiger partial charge is 0.326 e. The number of thiazole rings is 1. The SMILES string of the molecule is CCCCc1c(C)nn(-c2nc(CC(=O)Nc3ccc(C(C)=O)cc3)cs2)c1C. The van der Waals surface area contributed by atoms with Crippen molar-refractivity contribution in [3.05, 3.63) is 57.9 Å². The molecule has 0 aliphatic rings. The van der Waals surface area contributed by atoms with E-state index in [9.17, 15) is 9.59 Å². The molecule has 1 N–H and O–H groups in total. The van der Waals surface area contributed by atoms with Crippen molar-refractivity contribution in [2.45, 2.75) is 53.4 Å². The summed E-state index contributed by atoms with van der Waals surface area (Å²) in [5.41, 5.74) is 5.44. The van der Waals surface area contributed by atoms with Crippen LogP contribution in [0.4, 0.5) is 5.69 Å². The Morgan fingerprint density at radius 2 is 1.90 bits per heavy atom. The quantitative estimate of drug-likeness (QED) is 0.547. The van der Waals surface area contributed by atoms with E-state index in [0.717, 1.165) is 35.8 Å². The number of nitrogens with one attached hydrogen (secondary N) is 1. The van der Waals surface area contributed by atoms with Gasteiger partial charge in [0.2, 0.25) is 11.0 Å². The molecule has 0 unspecified atom stereocenters. The molecule has 29 heavy (non-hydrogen) atoms. The van der Waals surface area contributed by atoms with Gasteiger partial charge in [0.25, 0.3) is 0 Å². The number of amides is 1. The van der Waals surface area contributed by atoms with Crippen LogP contribution in [-0.2, 0) is 17.6 Å². The molecule has 7 heteroatoms. The van der Waals surface area contributed by atoms with E-state index >= 15 is 0 Å². The van der Waals surface area contributed by atoms with Crippen LogP contribution in [0.1, 0.15) is 59.7 Å². The number of Topliss-reactive ketones (excluding diaryl/α,β-unsaturated/α-hetero) is 1. The zero-order valence-corrected chi connectivity index (χ0v) is 18.1. The number of nitrogens with zero attached hydrogens (tertiary/aromatic N) is 3. The second-order valence-electron chi connectivity index (χ2n) is 7.14. The average Bonchev–Trinajstić information content (AvgIpc) is 3.24. The molecule has 0 atom stereocenters. The summed E-state index contributed by atoms with van der Waals surface area (Å²) in [7, 11) is 0. The maximum Gasteiger partial charge on any atom is 0.230 e. The van der Waals surface area contributed by atoms with Crippen molar-refractivity contribution in [2.24, 2.45) is 0 Å². The minimum Gasteiger partial charge on any atom is -0.326 e. The highest BCUT2D eigenvalue weighted by molar-refractivity contribution is 7.12. The Morgan fingerprint density at radius 3 is 2.55 bits per heavy atom. The van der Waals surface area contributed by atoms with Gasteiger partial charge in [0.05, 0.1) is 17.8 Å². The standard InChI is InChI=1S/C22H26N4O2S/c1-5-6-7-20-14(2)25-26(15(20)3)22-24-19(13-29-22)12-21(28)23-18-10-8-17(9-11-18)16(4)27/h8-11,13H,5-7,12H2,1-4H3,(H,23,28). The first kappa shape index (κ1) is 20.9. The Labute approximate surface area is 175 Å². The number of anilines is 1. The van der Waals surface area contributed by atoms with Crippen molar-refractivity contribution >= 4 is 28.7 Å². The zero-order chi connectivity index (χ0) is 21.0. The zero-order valence-electron chi connectivity index (χ0n) is 17.3. The monoisotopic (exact) mass is 410 g/mol. The summed E-state index contributed by atoms with van der Waals surface area (Å²) >= 11 is 1.49. The first-order valence-electron chi connectivity index (χ1n) is 9.79.